The SMILES string of the molecule is O=C(CC12CC3CC(CC(C3)C1)C2)N1CCSC(c2cccs2)CC1. The van der Waals surface area contributed by atoms with E-state index in [1.54, 1.807) is 0 Å². The Kier molecular flexibility index (Phi) is 4.40. The van der Waals surface area contributed by atoms with E-state index in [9.17, 15) is 4.79 Å². The quantitative estimate of drug-likeness (QED) is 0.709. The second-order valence-electron chi connectivity index (χ2n) is 9.14. The minimum Gasteiger partial charge on any atom is -0.342 e. The number of carbonyl (C=O) groups is 1. The number of hydrogen-bond donors (Lipinski definition) is 0. The van der Waals surface area contributed by atoms with Gasteiger partial charge in [-0.25, -0.2) is 0 Å². The number of hydrogen-bond acceptors (Lipinski definition) is 3. The molecule has 5 fully saturated rings. The van der Waals surface area contributed by atoms with Crippen molar-refractivity contribution in [2.45, 2.75) is 56.6 Å². The monoisotopic (exact) mass is 375 g/mol. The van der Waals surface area contributed by atoms with Gasteiger partial charge in [0.25, 0.3) is 0 Å². The Hall–Kier alpha value is -0.480. The standard InChI is InChI=1S/C21H29NOS2/c23-20(14-21-11-15-8-16(12-21)10-17(9-15)13-21)22-4-3-19(25-7-5-22)18-2-1-6-24-18/h1-2,6,15-17,19H,3-5,7-14H2. The number of carbonyl (C=O) groups excluding carboxylic acids is 1. The third-order valence-corrected chi connectivity index (χ3v) is 9.69. The third kappa shape index (κ3) is 3.29. The molecule has 4 heteroatoms. The van der Waals surface area contributed by atoms with E-state index in [0.717, 1.165) is 49.4 Å². The van der Waals surface area contributed by atoms with E-state index in [4.69, 9.17) is 0 Å². The van der Waals surface area contributed by atoms with E-state index in [0.29, 0.717) is 16.6 Å². The molecule has 0 aromatic carbocycles. The highest BCUT2D eigenvalue weighted by molar-refractivity contribution is 7.99. The van der Waals surface area contributed by atoms with Crippen LogP contribution in [0.1, 0.15) is 61.5 Å². The van der Waals surface area contributed by atoms with Crippen LogP contribution in [0.15, 0.2) is 17.5 Å². The second-order valence-corrected chi connectivity index (χ2v) is 11.4. The van der Waals surface area contributed by atoms with Crippen LogP contribution in [0, 0.1) is 23.2 Å². The fourth-order valence-corrected chi connectivity index (χ4v) is 8.90. The lowest BCUT2D eigenvalue weighted by atomic mass is 9.49. The van der Waals surface area contributed by atoms with Crippen molar-refractivity contribution in [3.05, 3.63) is 22.4 Å². The number of nitrogens with zero attached hydrogens (tertiary/aromatic N) is 1. The van der Waals surface area contributed by atoms with Crippen LogP contribution < -0.4 is 0 Å². The summed E-state index contributed by atoms with van der Waals surface area (Å²) in [6.07, 6.45) is 10.4. The highest BCUT2D eigenvalue weighted by Crippen LogP contribution is 2.61. The maximum atomic E-state index is 13.1. The minimum absolute atomic E-state index is 0.387. The Balaban J connectivity index is 1.23. The van der Waals surface area contributed by atoms with Gasteiger partial charge in [0.15, 0.2) is 0 Å². The zero-order chi connectivity index (χ0) is 16.9. The summed E-state index contributed by atoms with van der Waals surface area (Å²) in [5.74, 6) is 4.40. The van der Waals surface area contributed by atoms with Crippen molar-refractivity contribution in [1.29, 1.82) is 0 Å². The molecule has 4 saturated carbocycles. The lowest BCUT2D eigenvalue weighted by Gasteiger charge is -2.57. The number of thioether (sulfide) groups is 1. The zero-order valence-corrected chi connectivity index (χ0v) is 16.6. The van der Waals surface area contributed by atoms with Gasteiger partial charge < -0.3 is 4.90 Å². The van der Waals surface area contributed by atoms with Crippen LogP contribution in [-0.2, 0) is 4.79 Å². The van der Waals surface area contributed by atoms with Gasteiger partial charge in [0, 0.05) is 35.4 Å². The van der Waals surface area contributed by atoms with Gasteiger partial charge in [0.05, 0.1) is 0 Å². The molecule has 0 spiro atoms. The highest BCUT2D eigenvalue weighted by atomic mass is 32.2. The fraction of sp³-hybridized carbons (Fsp3) is 0.762. The van der Waals surface area contributed by atoms with Crippen LogP contribution in [-0.4, -0.2) is 29.6 Å². The molecule has 2 heterocycles. The Morgan fingerprint density at radius 3 is 2.48 bits per heavy atom. The molecule has 1 unspecified atom stereocenters. The van der Waals surface area contributed by atoms with Gasteiger partial charge in [-0.2, -0.15) is 11.8 Å². The van der Waals surface area contributed by atoms with Crippen LogP contribution in [0.25, 0.3) is 0 Å². The lowest BCUT2D eigenvalue weighted by Crippen LogP contribution is -2.48. The number of amides is 1. The first-order valence-electron chi connectivity index (χ1n) is 10.1. The van der Waals surface area contributed by atoms with Crippen molar-refractivity contribution in [2.24, 2.45) is 23.2 Å². The first kappa shape index (κ1) is 16.7. The van der Waals surface area contributed by atoms with Crippen molar-refractivity contribution in [3.63, 3.8) is 0 Å². The molecule has 5 aliphatic rings. The molecule has 1 atom stereocenters. The van der Waals surface area contributed by atoms with Gasteiger partial charge in [0.1, 0.15) is 0 Å². The summed E-state index contributed by atoms with van der Waals surface area (Å²) >= 11 is 3.92. The molecule has 4 aliphatic carbocycles. The summed E-state index contributed by atoms with van der Waals surface area (Å²) in [6.45, 7) is 1.92. The van der Waals surface area contributed by atoms with E-state index >= 15 is 0 Å². The van der Waals surface area contributed by atoms with Crippen LogP contribution in [0.3, 0.4) is 0 Å². The predicted octanol–water partition coefficient (Wildman–Crippen LogP) is 5.36. The van der Waals surface area contributed by atoms with Gasteiger partial charge in [-0.15, -0.1) is 11.3 Å². The second kappa shape index (κ2) is 6.60. The molecule has 1 aromatic heterocycles. The Morgan fingerprint density at radius 2 is 1.84 bits per heavy atom. The van der Waals surface area contributed by atoms with Gasteiger partial charge >= 0.3 is 0 Å². The lowest BCUT2D eigenvalue weighted by molar-refractivity contribution is -0.139. The molecule has 4 bridgehead atoms. The van der Waals surface area contributed by atoms with Crippen molar-refractivity contribution < 1.29 is 4.79 Å². The third-order valence-electron chi connectivity index (χ3n) is 7.25. The summed E-state index contributed by atoms with van der Waals surface area (Å²) in [7, 11) is 0. The van der Waals surface area contributed by atoms with Crippen molar-refractivity contribution in [2.75, 3.05) is 18.8 Å². The van der Waals surface area contributed by atoms with Crippen molar-refractivity contribution >= 4 is 29.0 Å². The number of rotatable bonds is 3. The predicted molar refractivity (Wildman–Crippen MR) is 106 cm³/mol. The maximum absolute atomic E-state index is 13.1. The first-order chi connectivity index (χ1) is 12.2. The molecule has 1 saturated heterocycles. The van der Waals surface area contributed by atoms with E-state index < -0.39 is 0 Å². The molecule has 6 rings (SSSR count). The molecule has 25 heavy (non-hydrogen) atoms. The van der Waals surface area contributed by atoms with Gasteiger partial charge in [-0.05, 0) is 79.6 Å². The molecule has 0 N–H and O–H groups in total. The van der Waals surface area contributed by atoms with Crippen LogP contribution in [0.5, 0.6) is 0 Å². The highest BCUT2D eigenvalue weighted by Gasteiger charge is 2.51. The molecular weight excluding hydrogens is 346 g/mol. The summed E-state index contributed by atoms with van der Waals surface area (Å²) in [4.78, 5) is 16.8. The first-order valence-corrected chi connectivity index (χ1v) is 12.0. The summed E-state index contributed by atoms with van der Waals surface area (Å²) in [5.41, 5.74) is 0.387. The van der Waals surface area contributed by atoms with Crippen molar-refractivity contribution in [3.8, 4) is 0 Å². The molecule has 136 valence electrons. The molecule has 1 aromatic rings. The summed E-state index contributed by atoms with van der Waals surface area (Å²) in [5, 5.41) is 2.77. The Bertz CT molecular complexity index is 591. The smallest absolute Gasteiger partial charge is 0.223 e. The van der Waals surface area contributed by atoms with E-state index in [1.807, 2.05) is 23.1 Å². The zero-order valence-electron chi connectivity index (χ0n) is 15.0. The van der Waals surface area contributed by atoms with Crippen LogP contribution in [0.4, 0.5) is 0 Å². The molecule has 0 radical (unpaired) electrons. The Morgan fingerprint density at radius 1 is 1.12 bits per heavy atom. The van der Waals surface area contributed by atoms with Crippen LogP contribution >= 0.6 is 23.1 Å². The average molecular weight is 376 g/mol. The largest absolute Gasteiger partial charge is 0.342 e. The Labute approximate surface area is 159 Å². The molecule has 1 aliphatic heterocycles. The maximum Gasteiger partial charge on any atom is 0.223 e. The fourth-order valence-electron chi connectivity index (χ4n) is 6.66. The van der Waals surface area contributed by atoms with E-state index in [1.165, 1.54) is 43.4 Å². The van der Waals surface area contributed by atoms with Gasteiger partial charge in [-0.1, -0.05) is 6.07 Å². The summed E-state index contributed by atoms with van der Waals surface area (Å²) in [6, 6.07) is 4.41. The van der Waals surface area contributed by atoms with Crippen LogP contribution in [0.2, 0.25) is 0 Å². The van der Waals surface area contributed by atoms with Gasteiger partial charge in [-0.3, -0.25) is 4.79 Å². The normalized spacial score (nSPS) is 40.2. The van der Waals surface area contributed by atoms with Crippen molar-refractivity contribution in [1.82, 2.24) is 4.90 Å². The average Bonchev–Trinajstić information content (AvgIpc) is 2.97. The van der Waals surface area contributed by atoms with Gasteiger partial charge in [0.2, 0.25) is 5.91 Å². The minimum atomic E-state index is 0.387. The topological polar surface area (TPSA) is 20.3 Å². The van der Waals surface area contributed by atoms with E-state index in [2.05, 4.69) is 22.4 Å². The molecule has 2 nitrogen and oxygen atoms in total. The number of thiophene rings is 1. The van der Waals surface area contributed by atoms with E-state index in [-0.39, 0.29) is 0 Å². The summed E-state index contributed by atoms with van der Waals surface area (Å²) < 4.78 is 0. The molecular formula is C21H29NOS2. The molecule has 1 amide bonds.